The van der Waals surface area contributed by atoms with Crippen LogP contribution in [0.4, 0.5) is 0 Å². The number of likely N-dealkylation sites (N-methyl/N-ethyl adjacent to an activating group) is 1. The van der Waals surface area contributed by atoms with Gasteiger partial charge in [-0.1, -0.05) is 140 Å². The third kappa shape index (κ3) is 39.9. The maximum Gasteiger partial charge on any atom is 0.306 e. The highest BCUT2D eigenvalue weighted by molar-refractivity contribution is 7.45. The third-order valence-electron chi connectivity index (χ3n) is 9.13. The molecule has 0 saturated carbocycles. The van der Waals surface area contributed by atoms with Crippen molar-refractivity contribution in [2.24, 2.45) is 0 Å². The molecule has 0 radical (unpaired) electrons. The average molecular weight is 784 g/mol. The van der Waals surface area contributed by atoms with Gasteiger partial charge in [-0.15, -0.1) is 0 Å². The van der Waals surface area contributed by atoms with E-state index in [0.29, 0.717) is 23.9 Å². The second kappa shape index (κ2) is 36.8. The van der Waals surface area contributed by atoms with Crippen LogP contribution in [0, 0.1) is 0 Å². The van der Waals surface area contributed by atoms with Gasteiger partial charge in [0.1, 0.15) is 19.8 Å². The second-order valence-electron chi connectivity index (χ2n) is 15.7. The summed E-state index contributed by atoms with van der Waals surface area (Å²) in [4.78, 5) is 37.5. The van der Waals surface area contributed by atoms with E-state index in [1.165, 1.54) is 64.2 Å². The highest BCUT2D eigenvalue weighted by Crippen LogP contribution is 2.38. The molecule has 0 heterocycles. The van der Waals surface area contributed by atoms with Crippen molar-refractivity contribution >= 4 is 19.8 Å². The summed E-state index contributed by atoms with van der Waals surface area (Å²) in [6.07, 6.45) is 40.2. The van der Waals surface area contributed by atoms with Crippen LogP contribution in [-0.4, -0.2) is 70.0 Å². The number of phosphoric ester groups is 1. The maximum absolute atomic E-state index is 12.7. The van der Waals surface area contributed by atoms with Crippen LogP contribution in [0.25, 0.3) is 0 Å². The second-order valence-corrected chi connectivity index (χ2v) is 17.1. The zero-order valence-electron chi connectivity index (χ0n) is 35.4. The fourth-order valence-electron chi connectivity index (χ4n) is 5.66. The number of carbonyl (C=O) groups is 2. The molecule has 0 aliphatic carbocycles. The highest BCUT2D eigenvalue weighted by Gasteiger charge is 2.21. The molecule has 0 rings (SSSR count). The lowest BCUT2D eigenvalue weighted by atomic mass is 10.1. The molecule has 0 N–H and O–H groups in total. The molecule has 2 atom stereocenters. The summed E-state index contributed by atoms with van der Waals surface area (Å²) in [5.41, 5.74) is 0. The van der Waals surface area contributed by atoms with Crippen LogP contribution in [-0.2, 0) is 32.7 Å². The highest BCUT2D eigenvalue weighted by atomic mass is 31.2. The average Bonchev–Trinajstić information content (AvgIpc) is 3.12. The van der Waals surface area contributed by atoms with Gasteiger partial charge in [0, 0.05) is 12.8 Å². The van der Waals surface area contributed by atoms with E-state index in [4.69, 9.17) is 18.5 Å². The molecule has 10 heteroatoms. The molecule has 316 valence electrons. The summed E-state index contributed by atoms with van der Waals surface area (Å²) in [7, 11) is 1.15. The zero-order chi connectivity index (χ0) is 40.0. The molecule has 0 amide bonds. The summed E-state index contributed by atoms with van der Waals surface area (Å²) >= 11 is 0. The predicted molar refractivity (Wildman–Crippen MR) is 222 cm³/mol. The number of nitrogens with zero attached hydrogens (tertiary/aromatic N) is 1. The smallest absolute Gasteiger partial charge is 0.306 e. The fraction of sp³-hybridized carbons (Fsp3) is 0.818. The van der Waals surface area contributed by atoms with Crippen LogP contribution >= 0.6 is 7.82 Å². The number of allylic oxidation sites excluding steroid dienone is 6. The summed E-state index contributed by atoms with van der Waals surface area (Å²) < 4.78 is 33.8. The van der Waals surface area contributed by atoms with E-state index in [1.807, 2.05) is 21.1 Å². The van der Waals surface area contributed by atoms with Crippen molar-refractivity contribution in [2.75, 3.05) is 47.5 Å². The van der Waals surface area contributed by atoms with Gasteiger partial charge in [-0.25, -0.2) is 0 Å². The fourth-order valence-corrected chi connectivity index (χ4v) is 6.39. The number of carbonyl (C=O) groups excluding carboxylic acids is 2. The van der Waals surface area contributed by atoms with E-state index in [9.17, 15) is 19.0 Å². The number of quaternary nitrogens is 1. The van der Waals surface area contributed by atoms with Crippen molar-refractivity contribution in [3.63, 3.8) is 0 Å². The van der Waals surface area contributed by atoms with Gasteiger partial charge in [0.2, 0.25) is 0 Å². The van der Waals surface area contributed by atoms with Crippen molar-refractivity contribution in [2.45, 2.75) is 187 Å². The largest absolute Gasteiger partial charge is 0.756 e. The Hall–Kier alpha value is -1.77. The lowest BCUT2D eigenvalue weighted by Crippen LogP contribution is -2.37. The lowest BCUT2D eigenvalue weighted by molar-refractivity contribution is -0.870. The summed E-state index contributed by atoms with van der Waals surface area (Å²) in [5.74, 6) is -0.860. The van der Waals surface area contributed by atoms with Gasteiger partial charge in [0.05, 0.1) is 27.7 Å². The molecule has 0 fully saturated rings. The Labute approximate surface area is 331 Å². The molecular formula is C44H82NO8P. The molecule has 0 aliphatic rings. The first-order chi connectivity index (χ1) is 26.0. The van der Waals surface area contributed by atoms with Crippen LogP contribution in [0.5, 0.6) is 0 Å². The minimum Gasteiger partial charge on any atom is -0.756 e. The van der Waals surface area contributed by atoms with E-state index in [1.54, 1.807) is 0 Å². The molecule has 0 aromatic carbocycles. The van der Waals surface area contributed by atoms with E-state index < -0.39 is 32.5 Å². The van der Waals surface area contributed by atoms with Crippen LogP contribution in [0.2, 0.25) is 0 Å². The standard InChI is InChI=1S/C44H82NO8P/c1-6-8-10-12-14-16-18-20-22-23-25-27-29-31-33-35-37-44(47)53-42(41-52-54(48,49)51-39-38-45(3,4)5)40-50-43(46)36-34-32-30-28-26-24-21-19-17-15-13-11-9-7-2/h13,15,19,21-23,42H,6-12,14,16-18,20,24-41H2,1-5H3/b15-13-,21-19-,23-22-/t42-/m1/s1. The van der Waals surface area contributed by atoms with Gasteiger partial charge in [-0.2, -0.15) is 0 Å². The molecule has 1 unspecified atom stereocenters. The van der Waals surface area contributed by atoms with Crippen molar-refractivity contribution < 1.29 is 42.1 Å². The number of hydrogen-bond donors (Lipinski definition) is 0. The monoisotopic (exact) mass is 784 g/mol. The Morgan fingerprint density at radius 1 is 0.574 bits per heavy atom. The Balaban J connectivity index is 4.40. The third-order valence-corrected chi connectivity index (χ3v) is 10.1. The Morgan fingerprint density at radius 2 is 1.02 bits per heavy atom. The molecule has 0 aliphatic heterocycles. The Bertz CT molecular complexity index is 1020. The Morgan fingerprint density at radius 3 is 1.54 bits per heavy atom. The van der Waals surface area contributed by atoms with Crippen LogP contribution in [0.15, 0.2) is 36.5 Å². The number of phosphoric acid groups is 1. The van der Waals surface area contributed by atoms with Gasteiger partial charge >= 0.3 is 11.9 Å². The number of unbranched alkanes of at least 4 members (excludes halogenated alkanes) is 19. The van der Waals surface area contributed by atoms with Crippen molar-refractivity contribution in [1.29, 1.82) is 0 Å². The number of esters is 2. The van der Waals surface area contributed by atoms with Crippen molar-refractivity contribution in [3.05, 3.63) is 36.5 Å². The molecular weight excluding hydrogens is 701 g/mol. The summed E-state index contributed by atoms with van der Waals surface area (Å²) in [6.45, 7) is 4.15. The van der Waals surface area contributed by atoms with Gasteiger partial charge < -0.3 is 27.9 Å². The topological polar surface area (TPSA) is 111 Å². The molecule has 9 nitrogen and oxygen atoms in total. The van der Waals surface area contributed by atoms with Gasteiger partial charge in [-0.05, 0) is 64.2 Å². The summed E-state index contributed by atoms with van der Waals surface area (Å²) in [5, 5.41) is 0. The molecule has 0 saturated heterocycles. The van der Waals surface area contributed by atoms with E-state index in [2.05, 4.69) is 50.3 Å². The van der Waals surface area contributed by atoms with Crippen LogP contribution in [0.3, 0.4) is 0 Å². The summed E-state index contributed by atoms with van der Waals surface area (Å²) in [6, 6.07) is 0. The number of ether oxygens (including phenoxy) is 2. The predicted octanol–water partition coefficient (Wildman–Crippen LogP) is 11.5. The van der Waals surface area contributed by atoms with Crippen molar-refractivity contribution in [3.8, 4) is 0 Å². The SMILES string of the molecule is CCCC/C=C\C/C=C\CCCCCCCC(=O)OC[C@H](COP(=O)([O-])OCC[N+](C)(C)C)OC(=O)CCCCCCC/C=C\CCCCCCCCC. The first kappa shape index (κ1) is 52.2. The van der Waals surface area contributed by atoms with E-state index in [0.717, 1.165) is 77.0 Å². The molecule has 0 bridgehead atoms. The minimum atomic E-state index is -4.63. The van der Waals surface area contributed by atoms with Gasteiger partial charge in [0.15, 0.2) is 6.10 Å². The van der Waals surface area contributed by atoms with E-state index >= 15 is 0 Å². The van der Waals surface area contributed by atoms with Crippen LogP contribution < -0.4 is 4.89 Å². The molecule has 0 aromatic rings. The number of hydrogen-bond acceptors (Lipinski definition) is 8. The van der Waals surface area contributed by atoms with Gasteiger partial charge in [-0.3, -0.25) is 14.2 Å². The first-order valence-corrected chi connectivity index (χ1v) is 23.2. The quantitative estimate of drug-likeness (QED) is 0.0199. The lowest BCUT2D eigenvalue weighted by Gasteiger charge is -2.28. The molecule has 0 spiro atoms. The van der Waals surface area contributed by atoms with Crippen LogP contribution in [0.1, 0.15) is 181 Å². The molecule has 54 heavy (non-hydrogen) atoms. The number of rotatable bonds is 39. The minimum absolute atomic E-state index is 0.0350. The normalized spacial score (nSPS) is 14.0. The zero-order valence-corrected chi connectivity index (χ0v) is 36.3. The van der Waals surface area contributed by atoms with Crippen molar-refractivity contribution in [1.82, 2.24) is 0 Å². The molecule has 0 aromatic heterocycles. The van der Waals surface area contributed by atoms with Gasteiger partial charge in [0.25, 0.3) is 7.82 Å². The maximum atomic E-state index is 12.7. The first-order valence-electron chi connectivity index (χ1n) is 21.7. The van der Waals surface area contributed by atoms with E-state index in [-0.39, 0.29) is 26.1 Å². The Kier molecular flexibility index (Phi) is 35.6.